The van der Waals surface area contributed by atoms with Crippen molar-refractivity contribution in [1.29, 1.82) is 0 Å². The SMILES string of the molecule is Cc1cnc(CC2CCCN(C(=O)NC(C)(C)C)C2)n1CC1CC1. The minimum absolute atomic E-state index is 0.0738. The van der Waals surface area contributed by atoms with E-state index in [0.29, 0.717) is 5.92 Å². The number of amides is 2. The molecule has 2 heterocycles. The second-order valence-corrected chi connectivity index (χ2v) is 8.71. The highest BCUT2D eigenvalue weighted by Crippen LogP contribution is 2.32. The number of urea groups is 1. The molecule has 1 aliphatic carbocycles. The molecule has 2 fully saturated rings. The summed E-state index contributed by atoms with van der Waals surface area (Å²) in [5, 5.41) is 3.09. The lowest BCUT2D eigenvalue weighted by Gasteiger charge is -2.35. The normalized spacial score (nSPS) is 21.8. The molecule has 1 atom stereocenters. The number of piperidine rings is 1. The van der Waals surface area contributed by atoms with E-state index in [1.807, 2.05) is 31.9 Å². The summed E-state index contributed by atoms with van der Waals surface area (Å²) in [7, 11) is 0. The largest absolute Gasteiger partial charge is 0.333 e. The Balaban J connectivity index is 1.60. The van der Waals surface area contributed by atoms with Crippen molar-refractivity contribution in [3.05, 3.63) is 17.7 Å². The van der Waals surface area contributed by atoms with Crippen molar-refractivity contribution in [2.24, 2.45) is 11.8 Å². The van der Waals surface area contributed by atoms with Crippen molar-refractivity contribution < 1.29 is 4.79 Å². The van der Waals surface area contributed by atoms with Gasteiger partial charge in [0.2, 0.25) is 0 Å². The van der Waals surface area contributed by atoms with Crippen LogP contribution in [0, 0.1) is 18.8 Å². The average Bonchev–Trinajstić information content (AvgIpc) is 3.25. The minimum atomic E-state index is -0.179. The van der Waals surface area contributed by atoms with Crippen LogP contribution in [0.1, 0.15) is 58.0 Å². The third kappa shape index (κ3) is 4.52. The van der Waals surface area contributed by atoms with E-state index in [1.54, 1.807) is 0 Å². The van der Waals surface area contributed by atoms with Crippen molar-refractivity contribution >= 4 is 6.03 Å². The van der Waals surface area contributed by atoms with Gasteiger partial charge in [-0.3, -0.25) is 0 Å². The van der Waals surface area contributed by atoms with Crippen molar-refractivity contribution in [2.45, 2.75) is 71.9 Å². The van der Waals surface area contributed by atoms with Crippen molar-refractivity contribution in [3.63, 3.8) is 0 Å². The second kappa shape index (κ2) is 6.77. The summed E-state index contributed by atoms with van der Waals surface area (Å²) in [6.07, 6.45) is 7.99. The molecule has 0 radical (unpaired) electrons. The molecule has 0 aromatic carbocycles. The number of nitrogens with one attached hydrogen (secondary N) is 1. The Bertz CT molecular complexity index is 583. The topological polar surface area (TPSA) is 50.2 Å². The highest BCUT2D eigenvalue weighted by molar-refractivity contribution is 5.75. The van der Waals surface area contributed by atoms with Gasteiger partial charge in [-0.1, -0.05) is 0 Å². The lowest BCUT2D eigenvalue weighted by atomic mass is 9.94. The van der Waals surface area contributed by atoms with Gasteiger partial charge in [0.1, 0.15) is 5.82 Å². The van der Waals surface area contributed by atoms with Crippen LogP contribution in [-0.2, 0) is 13.0 Å². The predicted molar refractivity (Wildman–Crippen MR) is 96.0 cm³/mol. The maximum Gasteiger partial charge on any atom is 0.317 e. The molecular weight excluding hydrogens is 300 g/mol. The maximum absolute atomic E-state index is 12.4. The van der Waals surface area contributed by atoms with Gasteiger partial charge in [0.05, 0.1) is 0 Å². The van der Waals surface area contributed by atoms with E-state index in [4.69, 9.17) is 0 Å². The summed E-state index contributed by atoms with van der Waals surface area (Å²) < 4.78 is 2.41. The monoisotopic (exact) mass is 332 g/mol. The zero-order valence-corrected chi connectivity index (χ0v) is 15.6. The zero-order chi connectivity index (χ0) is 17.3. The molecule has 24 heavy (non-hydrogen) atoms. The molecule has 5 nitrogen and oxygen atoms in total. The predicted octanol–water partition coefficient (Wildman–Crippen LogP) is 3.36. The summed E-state index contributed by atoms with van der Waals surface area (Å²) in [5.41, 5.74) is 1.09. The molecule has 0 spiro atoms. The first-order valence-electron chi connectivity index (χ1n) is 9.40. The number of hydrogen-bond donors (Lipinski definition) is 1. The Morgan fingerprint density at radius 2 is 2.04 bits per heavy atom. The Kier molecular flexibility index (Phi) is 4.88. The van der Waals surface area contributed by atoms with E-state index in [-0.39, 0.29) is 11.6 Å². The smallest absolute Gasteiger partial charge is 0.317 e. The molecule has 1 unspecified atom stereocenters. The van der Waals surface area contributed by atoms with E-state index >= 15 is 0 Å². The third-order valence-electron chi connectivity index (χ3n) is 5.03. The Hall–Kier alpha value is -1.52. The number of carbonyl (C=O) groups is 1. The third-order valence-corrected chi connectivity index (χ3v) is 5.03. The van der Waals surface area contributed by atoms with E-state index in [9.17, 15) is 4.79 Å². The van der Waals surface area contributed by atoms with Gasteiger partial charge >= 0.3 is 6.03 Å². The molecule has 2 amide bonds. The Morgan fingerprint density at radius 1 is 1.29 bits per heavy atom. The molecule has 1 aromatic heterocycles. The number of nitrogens with zero attached hydrogens (tertiary/aromatic N) is 3. The molecule has 1 N–H and O–H groups in total. The number of aryl methyl sites for hydroxylation is 1. The molecule has 2 aliphatic rings. The molecule has 134 valence electrons. The highest BCUT2D eigenvalue weighted by Gasteiger charge is 2.28. The van der Waals surface area contributed by atoms with Gasteiger partial charge in [-0.25, -0.2) is 9.78 Å². The fraction of sp³-hybridized carbons (Fsp3) is 0.789. The van der Waals surface area contributed by atoms with Crippen LogP contribution in [0.5, 0.6) is 0 Å². The van der Waals surface area contributed by atoms with Crippen LogP contribution in [-0.4, -0.2) is 39.1 Å². The molecule has 1 saturated heterocycles. The number of aromatic nitrogens is 2. The second-order valence-electron chi connectivity index (χ2n) is 8.71. The van der Waals surface area contributed by atoms with Crippen molar-refractivity contribution in [3.8, 4) is 0 Å². The van der Waals surface area contributed by atoms with Crippen LogP contribution in [0.25, 0.3) is 0 Å². The first-order chi connectivity index (χ1) is 11.3. The number of carbonyl (C=O) groups excluding carboxylic acids is 1. The fourth-order valence-corrected chi connectivity index (χ4v) is 3.56. The maximum atomic E-state index is 12.4. The van der Waals surface area contributed by atoms with Gasteiger partial charge in [0.25, 0.3) is 0 Å². The van der Waals surface area contributed by atoms with E-state index in [0.717, 1.165) is 38.4 Å². The van der Waals surface area contributed by atoms with Gasteiger partial charge in [-0.15, -0.1) is 0 Å². The molecule has 5 heteroatoms. The van der Waals surface area contributed by atoms with E-state index in [1.165, 1.54) is 30.8 Å². The summed E-state index contributed by atoms with van der Waals surface area (Å²) in [6.45, 7) is 11.1. The van der Waals surface area contributed by atoms with Crippen LogP contribution in [0.2, 0.25) is 0 Å². The standard InChI is InChI=1S/C19H32N4O/c1-14-11-20-17(23(14)13-15-7-8-15)10-16-6-5-9-22(12-16)18(24)21-19(2,3)4/h11,15-16H,5-10,12-13H2,1-4H3,(H,21,24). The first kappa shape index (κ1) is 17.3. The summed E-state index contributed by atoms with van der Waals surface area (Å²) in [5.74, 6) is 2.59. The fourth-order valence-electron chi connectivity index (χ4n) is 3.56. The quantitative estimate of drug-likeness (QED) is 0.919. The summed E-state index contributed by atoms with van der Waals surface area (Å²) in [4.78, 5) is 19.1. The van der Waals surface area contributed by atoms with Crippen LogP contribution in [0.15, 0.2) is 6.20 Å². The van der Waals surface area contributed by atoms with E-state index < -0.39 is 0 Å². The molecule has 1 aromatic rings. The molecule has 1 aliphatic heterocycles. The van der Waals surface area contributed by atoms with Gasteiger partial charge in [-0.2, -0.15) is 0 Å². The van der Waals surface area contributed by atoms with Gasteiger partial charge in [-0.05, 0) is 65.2 Å². The van der Waals surface area contributed by atoms with Crippen LogP contribution in [0.4, 0.5) is 4.79 Å². The van der Waals surface area contributed by atoms with Crippen molar-refractivity contribution in [1.82, 2.24) is 19.8 Å². The van der Waals surface area contributed by atoms with E-state index in [2.05, 4.69) is 21.8 Å². The Morgan fingerprint density at radius 3 is 2.71 bits per heavy atom. The minimum Gasteiger partial charge on any atom is -0.333 e. The molecule has 3 rings (SSSR count). The lowest BCUT2D eigenvalue weighted by molar-refractivity contribution is 0.157. The number of imidazole rings is 1. The van der Waals surface area contributed by atoms with Crippen LogP contribution >= 0.6 is 0 Å². The van der Waals surface area contributed by atoms with Gasteiger partial charge < -0.3 is 14.8 Å². The Labute approximate surface area is 145 Å². The first-order valence-corrected chi connectivity index (χ1v) is 9.40. The number of likely N-dealkylation sites (tertiary alicyclic amines) is 1. The van der Waals surface area contributed by atoms with Crippen LogP contribution < -0.4 is 5.32 Å². The number of hydrogen-bond acceptors (Lipinski definition) is 2. The molecular formula is C19H32N4O. The molecule has 1 saturated carbocycles. The zero-order valence-electron chi connectivity index (χ0n) is 15.6. The van der Waals surface area contributed by atoms with Crippen molar-refractivity contribution in [2.75, 3.05) is 13.1 Å². The summed E-state index contributed by atoms with van der Waals surface area (Å²) in [6, 6.07) is 0.0738. The van der Waals surface area contributed by atoms with Gasteiger partial charge in [0, 0.05) is 43.5 Å². The average molecular weight is 332 g/mol. The van der Waals surface area contributed by atoms with Gasteiger partial charge in [0.15, 0.2) is 0 Å². The molecule has 0 bridgehead atoms. The van der Waals surface area contributed by atoms with Crippen LogP contribution in [0.3, 0.4) is 0 Å². The lowest BCUT2D eigenvalue weighted by Crippen LogP contribution is -2.51. The highest BCUT2D eigenvalue weighted by atomic mass is 16.2. The summed E-state index contributed by atoms with van der Waals surface area (Å²) >= 11 is 0. The number of rotatable bonds is 4.